The highest BCUT2D eigenvalue weighted by Gasteiger charge is 2.30. The largest absolute Gasteiger partial charge is 0.504 e. The van der Waals surface area contributed by atoms with Crippen molar-refractivity contribution in [1.29, 1.82) is 0 Å². The average Bonchev–Trinajstić information content (AvgIpc) is 2.61. The van der Waals surface area contributed by atoms with E-state index in [1.165, 1.54) is 19.3 Å². The Morgan fingerprint density at radius 1 is 1.21 bits per heavy atom. The Morgan fingerprint density at radius 2 is 2.04 bits per heavy atom. The Kier molecular flexibility index (Phi) is 7.60. The molecule has 1 aromatic carbocycles. The molecule has 1 aliphatic rings. The van der Waals surface area contributed by atoms with Crippen molar-refractivity contribution in [2.75, 3.05) is 20.8 Å². The molecule has 1 fully saturated rings. The van der Waals surface area contributed by atoms with E-state index in [0.29, 0.717) is 12.4 Å². The minimum Gasteiger partial charge on any atom is -0.504 e. The summed E-state index contributed by atoms with van der Waals surface area (Å²) in [5.41, 5.74) is 0.975. The molecule has 1 aliphatic carbocycles. The molecule has 0 saturated heterocycles. The van der Waals surface area contributed by atoms with Gasteiger partial charge < -0.3 is 19.3 Å². The maximum atomic E-state index is 9.60. The van der Waals surface area contributed by atoms with Gasteiger partial charge in [-0.2, -0.15) is 0 Å². The number of hydrogen-bond acceptors (Lipinski definition) is 4. The first-order valence-electron chi connectivity index (χ1n) is 8.85. The lowest BCUT2D eigenvalue weighted by molar-refractivity contribution is -0.0808. The molecule has 1 aromatic rings. The van der Waals surface area contributed by atoms with Crippen LogP contribution in [-0.2, 0) is 9.47 Å². The van der Waals surface area contributed by atoms with E-state index in [-0.39, 0.29) is 18.0 Å². The van der Waals surface area contributed by atoms with Crippen molar-refractivity contribution in [2.24, 2.45) is 5.92 Å². The monoisotopic (exact) mass is 334 g/mol. The zero-order valence-corrected chi connectivity index (χ0v) is 15.0. The summed E-state index contributed by atoms with van der Waals surface area (Å²) in [4.78, 5) is 0. The molecule has 0 aliphatic heterocycles. The second-order valence-corrected chi connectivity index (χ2v) is 6.45. The lowest BCUT2D eigenvalue weighted by atomic mass is 9.82. The molecular weight excluding hydrogens is 304 g/mol. The van der Waals surface area contributed by atoms with Gasteiger partial charge in [-0.05, 0) is 42.9 Å². The summed E-state index contributed by atoms with van der Waals surface area (Å²) in [5.74, 6) is 1.41. The molecule has 0 spiro atoms. The van der Waals surface area contributed by atoms with Gasteiger partial charge in [-0.15, -0.1) is 0 Å². The van der Waals surface area contributed by atoms with Gasteiger partial charge in [-0.25, -0.2) is 0 Å². The zero-order valence-electron chi connectivity index (χ0n) is 15.0. The zero-order chi connectivity index (χ0) is 17.4. The molecule has 0 aromatic heterocycles. The number of phenolic OH excluding ortho intramolecular Hbond substituents is 1. The van der Waals surface area contributed by atoms with E-state index in [4.69, 9.17) is 14.2 Å². The number of hydrogen-bond donors (Lipinski definition) is 1. The van der Waals surface area contributed by atoms with E-state index in [1.54, 1.807) is 26.4 Å². The summed E-state index contributed by atoms with van der Waals surface area (Å²) in [5, 5.41) is 9.60. The second kappa shape index (κ2) is 9.70. The number of ether oxygens (including phenoxy) is 3. The normalized spacial score (nSPS) is 24.4. The molecule has 1 saturated carbocycles. The van der Waals surface area contributed by atoms with Gasteiger partial charge in [0, 0.05) is 7.11 Å². The average molecular weight is 334 g/mol. The van der Waals surface area contributed by atoms with Gasteiger partial charge in [0.05, 0.1) is 25.9 Å². The minimum atomic E-state index is 0.151. The van der Waals surface area contributed by atoms with Gasteiger partial charge in [-0.1, -0.05) is 38.0 Å². The van der Waals surface area contributed by atoms with Crippen molar-refractivity contribution in [2.45, 2.75) is 51.2 Å². The van der Waals surface area contributed by atoms with Gasteiger partial charge >= 0.3 is 0 Å². The fourth-order valence-electron chi connectivity index (χ4n) is 3.45. The quantitative estimate of drug-likeness (QED) is 0.765. The standard InChI is InChI=1S/C20H30O4/c1-4-6-15-9-11-18(20(14-15)23-3)24-12-5-7-16-8-10-17(21)19(13-16)22-2/h5,7-8,10,13,15,18,20-21H,4,6,9,11-12,14H2,1-3H3/b7-5+. The predicted octanol–water partition coefficient (Wildman–Crippen LogP) is 4.41. The molecule has 3 unspecified atom stereocenters. The highest BCUT2D eigenvalue weighted by molar-refractivity contribution is 5.55. The van der Waals surface area contributed by atoms with Crippen LogP contribution in [-0.4, -0.2) is 38.1 Å². The first kappa shape index (κ1) is 18.8. The van der Waals surface area contributed by atoms with Crippen LogP contribution >= 0.6 is 0 Å². The summed E-state index contributed by atoms with van der Waals surface area (Å²) in [6, 6.07) is 5.29. The second-order valence-electron chi connectivity index (χ2n) is 6.45. The van der Waals surface area contributed by atoms with Crippen molar-refractivity contribution >= 4 is 6.08 Å². The smallest absolute Gasteiger partial charge is 0.161 e. The van der Waals surface area contributed by atoms with E-state index in [9.17, 15) is 5.11 Å². The van der Waals surface area contributed by atoms with E-state index >= 15 is 0 Å². The maximum Gasteiger partial charge on any atom is 0.161 e. The van der Waals surface area contributed by atoms with Crippen molar-refractivity contribution in [3.63, 3.8) is 0 Å². The SMILES string of the molecule is CCCC1CCC(OC/C=C/c2ccc(O)c(OC)c2)C(OC)C1. The molecule has 0 bridgehead atoms. The Bertz CT molecular complexity index is 526. The van der Waals surface area contributed by atoms with Crippen LogP contribution in [0.15, 0.2) is 24.3 Å². The van der Waals surface area contributed by atoms with E-state index in [1.807, 2.05) is 18.2 Å². The Morgan fingerprint density at radius 3 is 2.75 bits per heavy atom. The van der Waals surface area contributed by atoms with Gasteiger partial charge in [0.25, 0.3) is 0 Å². The molecule has 4 nitrogen and oxygen atoms in total. The van der Waals surface area contributed by atoms with Crippen LogP contribution in [0.5, 0.6) is 11.5 Å². The maximum absolute atomic E-state index is 9.60. The van der Waals surface area contributed by atoms with Gasteiger partial charge in [0.1, 0.15) is 0 Å². The Hall–Kier alpha value is -1.52. The number of rotatable bonds is 8. The fraction of sp³-hybridized carbons (Fsp3) is 0.600. The van der Waals surface area contributed by atoms with Gasteiger partial charge in [-0.3, -0.25) is 0 Å². The first-order valence-corrected chi connectivity index (χ1v) is 8.85. The lowest BCUT2D eigenvalue weighted by Crippen LogP contribution is -2.37. The molecule has 24 heavy (non-hydrogen) atoms. The molecule has 3 atom stereocenters. The third-order valence-electron chi connectivity index (χ3n) is 4.76. The predicted molar refractivity (Wildman–Crippen MR) is 96.5 cm³/mol. The summed E-state index contributed by atoms with van der Waals surface area (Å²) in [6.07, 6.45) is 10.3. The molecule has 0 amide bonds. The minimum absolute atomic E-state index is 0.151. The summed E-state index contributed by atoms with van der Waals surface area (Å²) >= 11 is 0. The molecule has 0 heterocycles. The highest BCUT2D eigenvalue weighted by atomic mass is 16.5. The van der Waals surface area contributed by atoms with Crippen molar-refractivity contribution in [3.8, 4) is 11.5 Å². The van der Waals surface area contributed by atoms with Crippen molar-refractivity contribution in [1.82, 2.24) is 0 Å². The molecule has 0 radical (unpaired) electrons. The molecule has 1 N–H and O–H groups in total. The van der Waals surface area contributed by atoms with E-state index < -0.39 is 0 Å². The van der Waals surface area contributed by atoms with E-state index in [0.717, 1.165) is 24.3 Å². The van der Waals surface area contributed by atoms with Gasteiger partial charge in [0.2, 0.25) is 0 Å². The summed E-state index contributed by atoms with van der Waals surface area (Å²) < 4.78 is 16.8. The van der Waals surface area contributed by atoms with Crippen molar-refractivity contribution in [3.05, 3.63) is 29.8 Å². The highest BCUT2D eigenvalue weighted by Crippen LogP contribution is 2.31. The molecule has 4 heteroatoms. The summed E-state index contributed by atoms with van der Waals surface area (Å²) in [7, 11) is 3.33. The third kappa shape index (κ3) is 5.25. The lowest BCUT2D eigenvalue weighted by Gasteiger charge is -2.35. The van der Waals surface area contributed by atoms with Crippen LogP contribution in [0.1, 0.15) is 44.6 Å². The third-order valence-corrected chi connectivity index (χ3v) is 4.76. The number of aromatic hydroxyl groups is 1. The molecule has 134 valence electrons. The van der Waals surface area contributed by atoms with Crippen LogP contribution < -0.4 is 4.74 Å². The fourth-order valence-corrected chi connectivity index (χ4v) is 3.45. The number of benzene rings is 1. The number of methoxy groups -OCH3 is 2. The summed E-state index contributed by atoms with van der Waals surface area (Å²) in [6.45, 7) is 2.81. The van der Waals surface area contributed by atoms with Crippen LogP contribution in [0.3, 0.4) is 0 Å². The van der Waals surface area contributed by atoms with Crippen molar-refractivity contribution < 1.29 is 19.3 Å². The Labute approximate surface area is 145 Å². The van der Waals surface area contributed by atoms with Crippen LogP contribution in [0.4, 0.5) is 0 Å². The van der Waals surface area contributed by atoms with Gasteiger partial charge in [0.15, 0.2) is 11.5 Å². The van der Waals surface area contributed by atoms with Crippen LogP contribution in [0.25, 0.3) is 6.08 Å². The topological polar surface area (TPSA) is 47.9 Å². The van der Waals surface area contributed by atoms with E-state index in [2.05, 4.69) is 6.92 Å². The Balaban J connectivity index is 1.82. The molecular formula is C20H30O4. The van der Waals surface area contributed by atoms with Crippen LogP contribution in [0.2, 0.25) is 0 Å². The molecule has 2 rings (SSSR count). The first-order chi connectivity index (χ1) is 11.7. The van der Waals surface area contributed by atoms with Crippen LogP contribution in [0, 0.1) is 5.92 Å². The number of phenols is 1.